The molecule has 0 saturated heterocycles. The number of hydrogen-bond acceptors (Lipinski definition) is 3. The summed E-state index contributed by atoms with van der Waals surface area (Å²) in [6.45, 7) is 3.83. The van der Waals surface area contributed by atoms with Crippen molar-refractivity contribution in [3.63, 3.8) is 0 Å². The largest absolute Gasteiger partial charge is 0.474 e. The molecule has 0 spiro atoms. The summed E-state index contributed by atoms with van der Waals surface area (Å²) < 4.78 is 6.04. The molecule has 1 aliphatic rings. The predicted octanol–water partition coefficient (Wildman–Crippen LogP) is 4.34. The number of pyridine rings is 1. The van der Waals surface area contributed by atoms with E-state index < -0.39 is 0 Å². The summed E-state index contributed by atoms with van der Waals surface area (Å²) in [7, 11) is 0. The van der Waals surface area contributed by atoms with E-state index in [-0.39, 0.29) is 0 Å². The zero-order valence-corrected chi connectivity index (χ0v) is 13.1. The van der Waals surface area contributed by atoms with E-state index >= 15 is 0 Å². The normalized spacial score (nSPS) is 16.9. The van der Waals surface area contributed by atoms with Gasteiger partial charge in [0.25, 0.3) is 0 Å². The number of rotatable bonds is 6. The van der Waals surface area contributed by atoms with Crippen molar-refractivity contribution in [3.8, 4) is 5.88 Å². The molecule has 3 nitrogen and oxygen atoms in total. The van der Waals surface area contributed by atoms with Crippen LogP contribution >= 0.6 is 11.6 Å². The lowest BCUT2D eigenvalue weighted by Crippen LogP contribution is -2.18. The Morgan fingerprint density at radius 2 is 2.00 bits per heavy atom. The third kappa shape index (κ3) is 4.95. The van der Waals surface area contributed by atoms with Crippen LogP contribution in [-0.4, -0.2) is 17.6 Å². The topological polar surface area (TPSA) is 34.2 Å². The summed E-state index contributed by atoms with van der Waals surface area (Å²) in [4.78, 5) is 4.55. The molecule has 0 aromatic carbocycles. The Morgan fingerprint density at radius 1 is 1.25 bits per heavy atom. The minimum atomic E-state index is 0.322. The highest BCUT2D eigenvalue weighted by Crippen LogP contribution is 2.24. The van der Waals surface area contributed by atoms with Crippen LogP contribution in [0.5, 0.6) is 5.88 Å². The van der Waals surface area contributed by atoms with Gasteiger partial charge in [-0.3, -0.25) is 0 Å². The summed E-state index contributed by atoms with van der Waals surface area (Å²) in [6.07, 6.45) is 8.92. The zero-order chi connectivity index (χ0) is 14.2. The second-order valence-corrected chi connectivity index (χ2v) is 5.89. The molecule has 20 heavy (non-hydrogen) atoms. The van der Waals surface area contributed by atoms with E-state index in [0.29, 0.717) is 17.7 Å². The SMILES string of the molecule is CCCNCc1nc(OC2CCCCCC2)ccc1Cl. The molecule has 1 N–H and O–H groups in total. The van der Waals surface area contributed by atoms with Crippen LogP contribution in [-0.2, 0) is 6.54 Å². The van der Waals surface area contributed by atoms with E-state index in [2.05, 4.69) is 17.2 Å². The standard InChI is InChI=1S/C16H25ClN2O/c1-2-11-18-12-15-14(17)9-10-16(19-15)20-13-7-5-3-4-6-8-13/h9-10,13,18H,2-8,11-12H2,1H3. The number of halogens is 1. The molecule has 112 valence electrons. The van der Waals surface area contributed by atoms with E-state index in [1.54, 1.807) is 0 Å². The van der Waals surface area contributed by atoms with E-state index in [9.17, 15) is 0 Å². The molecule has 2 rings (SSSR count). The van der Waals surface area contributed by atoms with Crippen molar-refractivity contribution in [3.05, 3.63) is 22.8 Å². The molecule has 1 aliphatic carbocycles. The number of nitrogens with zero attached hydrogens (tertiary/aromatic N) is 1. The minimum absolute atomic E-state index is 0.322. The monoisotopic (exact) mass is 296 g/mol. The van der Waals surface area contributed by atoms with Crippen LogP contribution in [0.1, 0.15) is 57.6 Å². The third-order valence-corrected chi connectivity index (χ3v) is 4.05. The first-order chi connectivity index (χ1) is 9.79. The average Bonchev–Trinajstić information content (AvgIpc) is 2.71. The summed E-state index contributed by atoms with van der Waals surface area (Å²) in [5.41, 5.74) is 0.881. The van der Waals surface area contributed by atoms with E-state index in [0.717, 1.165) is 37.4 Å². The molecule has 1 aromatic heterocycles. The Hall–Kier alpha value is -0.800. The smallest absolute Gasteiger partial charge is 0.213 e. The van der Waals surface area contributed by atoms with Gasteiger partial charge in [0.15, 0.2) is 0 Å². The van der Waals surface area contributed by atoms with Gasteiger partial charge in [-0.25, -0.2) is 4.98 Å². The Kier molecular flexibility index (Phi) is 6.61. The molecule has 1 aromatic rings. The van der Waals surface area contributed by atoms with Crippen LogP contribution in [0.25, 0.3) is 0 Å². The van der Waals surface area contributed by atoms with Crippen molar-refractivity contribution < 1.29 is 4.74 Å². The first kappa shape index (κ1) is 15.6. The maximum atomic E-state index is 6.19. The van der Waals surface area contributed by atoms with Crippen LogP contribution in [0.4, 0.5) is 0 Å². The van der Waals surface area contributed by atoms with Gasteiger partial charge in [-0.2, -0.15) is 0 Å². The molecule has 0 unspecified atom stereocenters. The average molecular weight is 297 g/mol. The quantitative estimate of drug-likeness (QED) is 0.626. The van der Waals surface area contributed by atoms with Gasteiger partial charge in [0, 0.05) is 12.6 Å². The van der Waals surface area contributed by atoms with Gasteiger partial charge in [0.2, 0.25) is 5.88 Å². The van der Waals surface area contributed by atoms with Crippen molar-refractivity contribution in [2.24, 2.45) is 0 Å². The summed E-state index contributed by atoms with van der Waals surface area (Å²) in [6, 6.07) is 3.78. The molecule has 1 fully saturated rings. The van der Waals surface area contributed by atoms with Crippen LogP contribution < -0.4 is 10.1 Å². The van der Waals surface area contributed by atoms with Gasteiger partial charge >= 0.3 is 0 Å². The maximum absolute atomic E-state index is 6.19. The third-order valence-electron chi connectivity index (χ3n) is 3.70. The molecule has 0 amide bonds. The Balaban J connectivity index is 1.95. The van der Waals surface area contributed by atoms with Crippen LogP contribution in [0.3, 0.4) is 0 Å². The van der Waals surface area contributed by atoms with Gasteiger partial charge in [-0.1, -0.05) is 31.4 Å². The van der Waals surface area contributed by atoms with Crippen molar-refractivity contribution in [2.45, 2.75) is 64.5 Å². The Bertz CT molecular complexity index is 403. The Morgan fingerprint density at radius 3 is 2.70 bits per heavy atom. The van der Waals surface area contributed by atoms with Gasteiger partial charge < -0.3 is 10.1 Å². The van der Waals surface area contributed by atoms with Gasteiger partial charge in [-0.05, 0) is 44.7 Å². The number of hydrogen-bond donors (Lipinski definition) is 1. The highest BCUT2D eigenvalue weighted by Gasteiger charge is 2.15. The molecule has 1 heterocycles. The predicted molar refractivity (Wildman–Crippen MR) is 83.4 cm³/mol. The number of aromatic nitrogens is 1. The summed E-state index contributed by atoms with van der Waals surface area (Å²) >= 11 is 6.19. The molecule has 4 heteroatoms. The summed E-state index contributed by atoms with van der Waals surface area (Å²) in [5, 5.41) is 4.04. The molecule has 0 atom stereocenters. The molecule has 0 radical (unpaired) electrons. The molecule has 1 saturated carbocycles. The second-order valence-electron chi connectivity index (χ2n) is 5.49. The van der Waals surface area contributed by atoms with Crippen LogP contribution in [0, 0.1) is 0 Å². The summed E-state index contributed by atoms with van der Waals surface area (Å²) in [5.74, 6) is 0.717. The molecule has 0 bridgehead atoms. The van der Waals surface area contributed by atoms with E-state index in [1.165, 1.54) is 25.7 Å². The molecule has 0 aliphatic heterocycles. The first-order valence-electron chi connectivity index (χ1n) is 7.82. The fourth-order valence-electron chi connectivity index (χ4n) is 2.57. The van der Waals surface area contributed by atoms with Gasteiger partial charge in [0.05, 0.1) is 10.7 Å². The van der Waals surface area contributed by atoms with Gasteiger partial charge in [0.1, 0.15) is 6.10 Å². The van der Waals surface area contributed by atoms with Gasteiger partial charge in [-0.15, -0.1) is 0 Å². The number of ether oxygens (including phenoxy) is 1. The maximum Gasteiger partial charge on any atom is 0.213 e. The Labute approximate surface area is 127 Å². The van der Waals surface area contributed by atoms with Crippen LogP contribution in [0.2, 0.25) is 5.02 Å². The fourth-order valence-corrected chi connectivity index (χ4v) is 2.74. The highest BCUT2D eigenvalue weighted by atomic mass is 35.5. The second kappa shape index (κ2) is 8.48. The fraction of sp³-hybridized carbons (Fsp3) is 0.688. The van der Waals surface area contributed by atoms with Crippen molar-refractivity contribution >= 4 is 11.6 Å². The van der Waals surface area contributed by atoms with Crippen molar-refractivity contribution in [2.75, 3.05) is 6.54 Å². The lowest BCUT2D eigenvalue weighted by Gasteiger charge is -2.17. The lowest BCUT2D eigenvalue weighted by atomic mass is 10.1. The number of nitrogens with one attached hydrogen (secondary N) is 1. The molecular weight excluding hydrogens is 272 g/mol. The van der Waals surface area contributed by atoms with Crippen molar-refractivity contribution in [1.29, 1.82) is 0 Å². The lowest BCUT2D eigenvalue weighted by molar-refractivity contribution is 0.176. The minimum Gasteiger partial charge on any atom is -0.474 e. The zero-order valence-electron chi connectivity index (χ0n) is 12.3. The highest BCUT2D eigenvalue weighted by molar-refractivity contribution is 6.31. The van der Waals surface area contributed by atoms with E-state index in [4.69, 9.17) is 16.3 Å². The van der Waals surface area contributed by atoms with Crippen LogP contribution in [0.15, 0.2) is 12.1 Å². The first-order valence-corrected chi connectivity index (χ1v) is 8.20. The van der Waals surface area contributed by atoms with E-state index in [1.807, 2.05) is 12.1 Å². The van der Waals surface area contributed by atoms with Crippen molar-refractivity contribution in [1.82, 2.24) is 10.3 Å². The molecular formula is C16H25ClN2O.